The third kappa shape index (κ3) is 1.72. The van der Waals surface area contributed by atoms with Crippen molar-refractivity contribution in [3.63, 3.8) is 0 Å². The van der Waals surface area contributed by atoms with Gasteiger partial charge in [-0.2, -0.15) is 5.26 Å². The monoisotopic (exact) mass is 244 g/mol. The van der Waals surface area contributed by atoms with Crippen LogP contribution in [0.4, 0.5) is 0 Å². The van der Waals surface area contributed by atoms with Crippen LogP contribution in [-0.4, -0.2) is 28.9 Å². The van der Waals surface area contributed by atoms with E-state index in [0.29, 0.717) is 4.90 Å². The summed E-state index contributed by atoms with van der Waals surface area (Å²) in [6.45, 7) is 1.10. The van der Waals surface area contributed by atoms with Gasteiger partial charge in [0.05, 0.1) is 11.1 Å². The molecule has 0 bridgehead atoms. The molecule has 1 heterocycles. The summed E-state index contributed by atoms with van der Waals surface area (Å²) in [5.41, 5.74) is 0.407. The first-order chi connectivity index (χ1) is 8.56. The van der Waals surface area contributed by atoms with Gasteiger partial charge in [-0.1, -0.05) is 12.1 Å². The van der Waals surface area contributed by atoms with Crippen LogP contribution in [-0.2, 0) is 9.53 Å². The maximum Gasteiger partial charge on any atom is 0.305 e. The normalized spacial score (nSPS) is 15.0. The zero-order chi connectivity index (χ0) is 13.3. The molecule has 0 N–H and O–H groups in total. The van der Waals surface area contributed by atoms with Crippen molar-refractivity contribution < 1.29 is 19.1 Å². The first kappa shape index (κ1) is 11.8. The highest BCUT2D eigenvalue weighted by Crippen LogP contribution is 2.24. The fraction of sp³-hybridized carbons (Fsp3) is 0.167. The van der Waals surface area contributed by atoms with Crippen LogP contribution in [0.3, 0.4) is 0 Å². The number of hydrogen-bond donors (Lipinski definition) is 0. The minimum Gasteiger partial charge on any atom is -0.427 e. The highest BCUT2D eigenvalue weighted by molar-refractivity contribution is 6.21. The lowest BCUT2D eigenvalue weighted by atomic mass is 10.1. The Morgan fingerprint density at radius 3 is 2.17 bits per heavy atom. The van der Waals surface area contributed by atoms with Gasteiger partial charge in [0.2, 0.25) is 0 Å². The molecule has 0 fully saturated rings. The molecule has 0 aromatic heterocycles. The van der Waals surface area contributed by atoms with Crippen LogP contribution in [0.1, 0.15) is 27.6 Å². The second-order valence-electron chi connectivity index (χ2n) is 3.62. The highest BCUT2D eigenvalue weighted by atomic mass is 16.6. The predicted octanol–water partition coefficient (Wildman–Crippen LogP) is 0.695. The smallest absolute Gasteiger partial charge is 0.305 e. The zero-order valence-corrected chi connectivity index (χ0v) is 9.41. The number of benzene rings is 1. The van der Waals surface area contributed by atoms with E-state index < -0.39 is 24.0 Å². The summed E-state index contributed by atoms with van der Waals surface area (Å²) in [7, 11) is 0. The van der Waals surface area contributed by atoms with E-state index >= 15 is 0 Å². The average Bonchev–Trinajstić information content (AvgIpc) is 2.60. The van der Waals surface area contributed by atoms with Crippen molar-refractivity contribution in [2.45, 2.75) is 13.2 Å². The molecule has 0 spiro atoms. The molecule has 0 saturated carbocycles. The molecule has 1 aromatic rings. The van der Waals surface area contributed by atoms with Gasteiger partial charge in [-0.25, -0.2) is 4.90 Å². The number of carbonyl (C=O) groups excluding carboxylic acids is 3. The van der Waals surface area contributed by atoms with E-state index in [-0.39, 0.29) is 11.1 Å². The maximum absolute atomic E-state index is 12.0. The Morgan fingerprint density at radius 2 is 1.78 bits per heavy atom. The summed E-state index contributed by atoms with van der Waals surface area (Å²) in [6, 6.07) is 7.80. The lowest BCUT2D eigenvalue weighted by Crippen LogP contribution is -2.41. The summed E-state index contributed by atoms with van der Waals surface area (Å²) in [5.74, 6) is -2.01. The minimum absolute atomic E-state index is 0.204. The Bertz CT molecular complexity index is 553. The van der Waals surface area contributed by atoms with Crippen LogP contribution in [0.25, 0.3) is 0 Å². The molecule has 1 atom stereocenters. The molecule has 0 aliphatic carbocycles. The van der Waals surface area contributed by atoms with Crippen LogP contribution < -0.4 is 0 Å². The van der Waals surface area contributed by atoms with Crippen molar-refractivity contribution in [1.82, 2.24) is 4.90 Å². The SMILES string of the molecule is CC(=O)OC(C#N)N1C(=O)c2ccccc2C1=O. The third-order valence-electron chi connectivity index (χ3n) is 2.45. The Labute approximate surface area is 102 Å². The minimum atomic E-state index is -1.53. The van der Waals surface area contributed by atoms with Gasteiger partial charge in [-0.15, -0.1) is 0 Å². The standard InChI is InChI=1S/C12H8N2O4/c1-7(15)18-10(6-13)14-11(16)8-4-2-3-5-9(8)12(14)17/h2-5,10H,1H3. The predicted molar refractivity (Wildman–Crippen MR) is 58.1 cm³/mol. The number of nitrogens with zero attached hydrogens (tertiary/aromatic N) is 2. The van der Waals surface area contributed by atoms with Gasteiger partial charge in [-0.3, -0.25) is 14.4 Å². The second-order valence-corrected chi connectivity index (χ2v) is 3.62. The summed E-state index contributed by atoms with van der Waals surface area (Å²) < 4.78 is 4.64. The van der Waals surface area contributed by atoms with E-state index in [9.17, 15) is 14.4 Å². The lowest BCUT2D eigenvalue weighted by molar-refractivity contribution is -0.147. The van der Waals surface area contributed by atoms with Crippen molar-refractivity contribution in [3.05, 3.63) is 35.4 Å². The molecule has 0 radical (unpaired) electrons. The molecule has 6 nitrogen and oxygen atoms in total. The summed E-state index contributed by atoms with van der Waals surface area (Å²) in [6.07, 6.45) is -1.53. The van der Waals surface area contributed by atoms with Crippen molar-refractivity contribution in [1.29, 1.82) is 5.26 Å². The first-order valence-electron chi connectivity index (χ1n) is 5.10. The van der Waals surface area contributed by atoms with Gasteiger partial charge in [0, 0.05) is 6.92 Å². The van der Waals surface area contributed by atoms with Gasteiger partial charge in [0.15, 0.2) is 0 Å². The number of amides is 2. The Hall–Kier alpha value is -2.68. The molecule has 1 unspecified atom stereocenters. The number of ether oxygens (including phenoxy) is 1. The molecule has 1 aliphatic rings. The van der Waals surface area contributed by atoms with Crippen LogP contribution in [0.2, 0.25) is 0 Å². The summed E-state index contributed by atoms with van der Waals surface area (Å²) in [5, 5.41) is 8.88. The van der Waals surface area contributed by atoms with E-state index in [1.165, 1.54) is 12.1 Å². The van der Waals surface area contributed by atoms with Gasteiger partial charge in [0.25, 0.3) is 18.0 Å². The zero-order valence-electron chi connectivity index (χ0n) is 9.41. The lowest BCUT2D eigenvalue weighted by Gasteiger charge is -2.18. The topological polar surface area (TPSA) is 87.5 Å². The van der Waals surface area contributed by atoms with Crippen LogP contribution in [0.5, 0.6) is 0 Å². The van der Waals surface area contributed by atoms with Gasteiger partial charge in [0.1, 0.15) is 6.07 Å². The Balaban J connectivity index is 2.39. The number of hydrogen-bond acceptors (Lipinski definition) is 5. The number of esters is 1. The number of fused-ring (bicyclic) bond motifs is 1. The molecule has 18 heavy (non-hydrogen) atoms. The molecule has 1 aromatic carbocycles. The van der Waals surface area contributed by atoms with E-state index in [2.05, 4.69) is 4.74 Å². The molecular weight excluding hydrogens is 236 g/mol. The van der Waals surface area contributed by atoms with Crippen LogP contribution >= 0.6 is 0 Å². The second kappa shape index (κ2) is 4.30. The molecule has 2 rings (SSSR count). The fourth-order valence-electron chi connectivity index (χ4n) is 1.71. The van der Waals surface area contributed by atoms with E-state index in [4.69, 9.17) is 5.26 Å². The highest BCUT2D eigenvalue weighted by Gasteiger charge is 2.41. The molecule has 2 amide bonds. The summed E-state index contributed by atoms with van der Waals surface area (Å²) in [4.78, 5) is 35.4. The largest absolute Gasteiger partial charge is 0.427 e. The molecule has 0 saturated heterocycles. The van der Waals surface area contributed by atoms with Crippen molar-refractivity contribution in [2.24, 2.45) is 0 Å². The number of nitriles is 1. The first-order valence-corrected chi connectivity index (χ1v) is 5.10. The van der Waals surface area contributed by atoms with Gasteiger partial charge in [-0.05, 0) is 12.1 Å². The molecule has 90 valence electrons. The summed E-state index contributed by atoms with van der Waals surface area (Å²) >= 11 is 0. The number of carbonyl (C=O) groups is 3. The number of rotatable bonds is 2. The number of imide groups is 1. The third-order valence-corrected chi connectivity index (χ3v) is 2.45. The average molecular weight is 244 g/mol. The van der Waals surface area contributed by atoms with Gasteiger partial charge < -0.3 is 4.74 Å². The molecule has 6 heteroatoms. The van der Waals surface area contributed by atoms with E-state index in [1.54, 1.807) is 18.2 Å². The Kier molecular flexibility index (Phi) is 2.81. The molecular formula is C12H8N2O4. The van der Waals surface area contributed by atoms with E-state index in [1.807, 2.05) is 0 Å². The van der Waals surface area contributed by atoms with Crippen LogP contribution in [0, 0.1) is 11.3 Å². The van der Waals surface area contributed by atoms with Crippen molar-refractivity contribution >= 4 is 17.8 Å². The quantitative estimate of drug-likeness (QED) is 0.564. The Morgan fingerprint density at radius 1 is 1.28 bits per heavy atom. The maximum atomic E-state index is 12.0. The molecule has 1 aliphatic heterocycles. The van der Waals surface area contributed by atoms with E-state index in [0.717, 1.165) is 6.92 Å². The van der Waals surface area contributed by atoms with Crippen molar-refractivity contribution in [2.75, 3.05) is 0 Å². The van der Waals surface area contributed by atoms with Crippen LogP contribution in [0.15, 0.2) is 24.3 Å². The van der Waals surface area contributed by atoms with Gasteiger partial charge >= 0.3 is 5.97 Å². The van der Waals surface area contributed by atoms with Crippen molar-refractivity contribution in [3.8, 4) is 6.07 Å². The fourth-order valence-corrected chi connectivity index (χ4v) is 1.71.